The first-order chi connectivity index (χ1) is 22.8. The van der Waals surface area contributed by atoms with Crippen molar-refractivity contribution in [3.8, 4) is 0 Å². The zero-order valence-electron chi connectivity index (χ0n) is 32.5. The highest BCUT2D eigenvalue weighted by Crippen LogP contribution is 2.12. The Morgan fingerprint density at radius 3 is 1.15 bits per heavy atom. The smallest absolute Gasteiger partial charge is 0.306 e. The van der Waals surface area contributed by atoms with E-state index in [9.17, 15) is 9.59 Å². The minimum Gasteiger partial charge on any atom is -0.462 e. The Hall–Kier alpha value is -1.62. The maximum atomic E-state index is 12.1. The number of rotatable bonds is 33. The molecule has 0 aromatic carbocycles. The van der Waals surface area contributed by atoms with Crippen molar-refractivity contribution in [3.05, 3.63) is 24.3 Å². The summed E-state index contributed by atoms with van der Waals surface area (Å²) in [7, 11) is 6.00. The summed E-state index contributed by atoms with van der Waals surface area (Å²) in [6.07, 6.45) is 42.2. The Balaban J connectivity index is 0. The van der Waals surface area contributed by atoms with Crippen LogP contribution >= 0.6 is 0 Å². The summed E-state index contributed by atoms with van der Waals surface area (Å²) in [5, 5.41) is 0. The predicted molar refractivity (Wildman–Crippen MR) is 205 cm³/mol. The first-order valence-electron chi connectivity index (χ1n) is 20.1. The molecule has 0 spiro atoms. The molecule has 47 heavy (non-hydrogen) atoms. The van der Waals surface area contributed by atoms with Crippen LogP contribution in [0.15, 0.2) is 24.3 Å². The molecule has 1 unspecified atom stereocenters. The lowest BCUT2D eigenvalue weighted by Crippen LogP contribution is -2.22. The molecule has 1 atom stereocenters. The Morgan fingerprint density at radius 1 is 0.489 bits per heavy atom. The summed E-state index contributed by atoms with van der Waals surface area (Å²) in [4.78, 5) is 26.1. The quantitative estimate of drug-likeness (QED) is 0.0397. The van der Waals surface area contributed by atoms with Gasteiger partial charge in [-0.25, -0.2) is 0 Å². The van der Waals surface area contributed by atoms with Crippen molar-refractivity contribution in [3.63, 3.8) is 0 Å². The van der Waals surface area contributed by atoms with Crippen LogP contribution in [0.5, 0.6) is 0 Å². The Labute approximate surface area is 294 Å². The third-order valence-corrected chi connectivity index (χ3v) is 8.10. The first-order valence-corrected chi connectivity index (χ1v) is 20.1. The lowest BCUT2D eigenvalue weighted by atomic mass is 10.1. The summed E-state index contributed by atoms with van der Waals surface area (Å²) in [5.41, 5.74) is 0. The van der Waals surface area contributed by atoms with Gasteiger partial charge in [0.15, 0.2) is 0 Å². The van der Waals surface area contributed by atoms with E-state index in [0.29, 0.717) is 12.8 Å². The number of hydrogen-bond acceptors (Lipinski definition) is 5. The number of carbonyl (C=O) groups excluding carboxylic acids is 2. The first kappa shape index (κ1) is 47.5. The Bertz CT molecular complexity index is 700. The van der Waals surface area contributed by atoms with Crippen LogP contribution < -0.4 is 0 Å². The Kier molecular flexibility index (Phi) is 41.0. The maximum Gasteiger partial charge on any atom is 0.306 e. The van der Waals surface area contributed by atoms with Gasteiger partial charge in [-0.05, 0) is 92.3 Å². The van der Waals surface area contributed by atoms with Gasteiger partial charge in [0.2, 0.25) is 0 Å². The molecule has 5 heteroatoms. The third kappa shape index (κ3) is 46.6. The monoisotopic (exact) mass is 664 g/mol. The lowest BCUT2D eigenvalue weighted by Gasteiger charge is -2.13. The van der Waals surface area contributed by atoms with Crippen molar-refractivity contribution in [1.82, 2.24) is 4.90 Å². The number of ether oxygens (including phenoxy) is 2. The van der Waals surface area contributed by atoms with Gasteiger partial charge in [0.05, 0.1) is 0 Å². The standard InChI is InChI=1S/C39H72O4.C3H9N/c1-4-6-8-10-12-14-16-18-20-22-24-26-28-30-32-34-38(40)42-36-37(3)43-39(41)35-33-31-29-27-25-23-21-19-17-15-13-11-9-7-5-2;1-4(2)3/h18-21,37H,4-17,22-36H2,1-3H3;1-3H3. The second kappa shape index (κ2) is 40.6. The molecule has 0 amide bonds. The Morgan fingerprint density at radius 2 is 0.787 bits per heavy atom. The van der Waals surface area contributed by atoms with E-state index >= 15 is 0 Å². The molecule has 0 saturated carbocycles. The SMILES string of the molecule is CCCCCCCCC=CCCCCCCCC(=O)OCC(C)OC(=O)CCCCCCCC=CCCCCCCCC.CN(C)C. The van der Waals surface area contributed by atoms with E-state index in [2.05, 4.69) is 38.2 Å². The molecule has 0 aliphatic heterocycles. The van der Waals surface area contributed by atoms with E-state index in [1.165, 1.54) is 141 Å². The largest absolute Gasteiger partial charge is 0.462 e. The minimum absolute atomic E-state index is 0.155. The molecular weight excluding hydrogens is 582 g/mol. The molecule has 0 aliphatic rings. The zero-order chi connectivity index (χ0) is 35.1. The average molecular weight is 664 g/mol. The molecule has 0 rings (SSSR count). The number of unbranched alkanes of at least 4 members (excludes halogenated alkanes) is 22. The van der Waals surface area contributed by atoms with Crippen molar-refractivity contribution in [2.24, 2.45) is 0 Å². The minimum atomic E-state index is -0.381. The van der Waals surface area contributed by atoms with Crippen LogP contribution in [0.2, 0.25) is 0 Å². The number of carbonyl (C=O) groups is 2. The molecule has 0 aromatic heterocycles. The van der Waals surface area contributed by atoms with Crippen molar-refractivity contribution >= 4 is 11.9 Å². The molecule has 0 aromatic rings. The molecule has 5 nitrogen and oxygen atoms in total. The molecule has 0 N–H and O–H groups in total. The number of allylic oxidation sites excluding steroid dienone is 4. The van der Waals surface area contributed by atoms with E-state index in [0.717, 1.165) is 25.7 Å². The van der Waals surface area contributed by atoms with Gasteiger partial charge in [-0.15, -0.1) is 0 Å². The van der Waals surface area contributed by atoms with E-state index in [1.54, 1.807) is 6.92 Å². The normalized spacial score (nSPS) is 12.1. The van der Waals surface area contributed by atoms with Crippen molar-refractivity contribution in [2.75, 3.05) is 27.7 Å². The van der Waals surface area contributed by atoms with E-state index in [1.807, 2.05) is 26.0 Å². The van der Waals surface area contributed by atoms with Crippen LogP contribution in [-0.4, -0.2) is 50.7 Å². The van der Waals surface area contributed by atoms with Gasteiger partial charge in [0.25, 0.3) is 0 Å². The van der Waals surface area contributed by atoms with Crippen molar-refractivity contribution in [2.45, 2.75) is 207 Å². The third-order valence-electron chi connectivity index (χ3n) is 8.10. The van der Waals surface area contributed by atoms with E-state index in [-0.39, 0.29) is 24.6 Å². The predicted octanol–water partition coefficient (Wildman–Crippen LogP) is 12.7. The fourth-order valence-corrected chi connectivity index (χ4v) is 5.28. The van der Waals surface area contributed by atoms with Gasteiger partial charge in [-0.1, -0.05) is 141 Å². The summed E-state index contributed by atoms with van der Waals surface area (Å²) in [6, 6.07) is 0. The number of esters is 2. The van der Waals surface area contributed by atoms with Gasteiger partial charge in [-0.3, -0.25) is 9.59 Å². The molecule has 0 bridgehead atoms. The second-order valence-corrected chi connectivity index (χ2v) is 14.0. The summed E-state index contributed by atoms with van der Waals surface area (Å²) in [5.74, 6) is -0.365. The second-order valence-electron chi connectivity index (χ2n) is 14.0. The lowest BCUT2D eigenvalue weighted by molar-refractivity contribution is -0.158. The van der Waals surface area contributed by atoms with Crippen molar-refractivity contribution < 1.29 is 19.1 Å². The van der Waals surface area contributed by atoms with Crippen LogP contribution in [0.4, 0.5) is 0 Å². The van der Waals surface area contributed by atoms with E-state index in [4.69, 9.17) is 9.47 Å². The summed E-state index contributed by atoms with van der Waals surface area (Å²) >= 11 is 0. The summed E-state index contributed by atoms with van der Waals surface area (Å²) in [6.45, 7) is 6.48. The topological polar surface area (TPSA) is 55.8 Å². The molecule has 0 saturated heterocycles. The molecule has 0 heterocycles. The van der Waals surface area contributed by atoms with Crippen LogP contribution in [0.25, 0.3) is 0 Å². The molecule has 0 fully saturated rings. The van der Waals surface area contributed by atoms with Gasteiger partial charge in [-0.2, -0.15) is 0 Å². The van der Waals surface area contributed by atoms with Crippen LogP contribution in [0, 0.1) is 0 Å². The van der Waals surface area contributed by atoms with E-state index < -0.39 is 0 Å². The zero-order valence-corrected chi connectivity index (χ0v) is 32.5. The highest BCUT2D eigenvalue weighted by atomic mass is 16.6. The average Bonchev–Trinajstić information content (AvgIpc) is 3.03. The molecular formula is C42H81NO4. The van der Waals surface area contributed by atoms with Crippen LogP contribution in [0.3, 0.4) is 0 Å². The fraction of sp³-hybridized carbons (Fsp3) is 0.857. The van der Waals surface area contributed by atoms with Gasteiger partial charge >= 0.3 is 11.9 Å². The number of hydrogen-bond donors (Lipinski definition) is 0. The van der Waals surface area contributed by atoms with Gasteiger partial charge in [0, 0.05) is 12.8 Å². The maximum absolute atomic E-state index is 12.1. The summed E-state index contributed by atoms with van der Waals surface area (Å²) < 4.78 is 10.7. The molecule has 278 valence electrons. The number of nitrogens with zero attached hydrogens (tertiary/aromatic N) is 1. The fourth-order valence-electron chi connectivity index (χ4n) is 5.28. The van der Waals surface area contributed by atoms with Crippen LogP contribution in [-0.2, 0) is 19.1 Å². The van der Waals surface area contributed by atoms with Crippen LogP contribution in [0.1, 0.15) is 201 Å². The highest BCUT2D eigenvalue weighted by Gasteiger charge is 2.12. The van der Waals surface area contributed by atoms with Gasteiger partial charge < -0.3 is 14.4 Å². The molecule has 0 aliphatic carbocycles. The highest BCUT2D eigenvalue weighted by molar-refractivity contribution is 5.70. The van der Waals surface area contributed by atoms with Crippen molar-refractivity contribution in [1.29, 1.82) is 0 Å². The molecule has 0 radical (unpaired) electrons. The van der Waals surface area contributed by atoms with Gasteiger partial charge in [0.1, 0.15) is 12.7 Å².